The highest BCUT2D eigenvalue weighted by molar-refractivity contribution is 6.31. The molecule has 8 heteroatoms. The molecule has 1 aromatic heterocycles. The lowest BCUT2D eigenvalue weighted by Crippen LogP contribution is -2.18. The number of anilines is 1. The van der Waals surface area contributed by atoms with E-state index in [1.54, 1.807) is 26.1 Å². The Morgan fingerprint density at radius 2 is 2.09 bits per heavy atom. The maximum absolute atomic E-state index is 12.5. The summed E-state index contributed by atoms with van der Waals surface area (Å²) in [6.07, 6.45) is 1.34. The number of carbonyl (C=O) groups excluding carboxylic acids is 2. The second-order valence-electron chi connectivity index (χ2n) is 4.55. The number of methoxy groups -OCH3 is 1. The normalized spacial score (nSPS) is 10.3. The van der Waals surface area contributed by atoms with Gasteiger partial charge in [-0.15, -0.1) is 0 Å². The number of benzene rings is 1. The van der Waals surface area contributed by atoms with Gasteiger partial charge >= 0.3 is 5.97 Å². The van der Waals surface area contributed by atoms with Gasteiger partial charge in [-0.2, -0.15) is 5.10 Å². The van der Waals surface area contributed by atoms with E-state index in [0.717, 1.165) is 0 Å². The molecule has 122 valence electrons. The maximum atomic E-state index is 12.5. The fourth-order valence-electron chi connectivity index (χ4n) is 1.98. The zero-order valence-electron chi connectivity index (χ0n) is 12.9. The number of amides is 1. The first-order valence-electron chi connectivity index (χ1n) is 6.82. The van der Waals surface area contributed by atoms with Gasteiger partial charge in [-0.25, -0.2) is 4.79 Å². The number of hydrogen-bond acceptors (Lipinski definition) is 5. The Labute approximate surface area is 138 Å². The van der Waals surface area contributed by atoms with Crippen molar-refractivity contribution in [3.05, 3.63) is 40.5 Å². The second kappa shape index (κ2) is 7.15. The first kappa shape index (κ1) is 16.8. The first-order chi connectivity index (χ1) is 11.0. The van der Waals surface area contributed by atoms with Crippen LogP contribution in [0.1, 0.15) is 27.6 Å². The van der Waals surface area contributed by atoms with Gasteiger partial charge in [-0.1, -0.05) is 11.6 Å². The average Bonchev–Trinajstić information content (AvgIpc) is 2.88. The van der Waals surface area contributed by atoms with E-state index in [1.165, 1.54) is 24.1 Å². The number of ether oxygens (including phenoxy) is 2. The van der Waals surface area contributed by atoms with Crippen molar-refractivity contribution < 1.29 is 19.1 Å². The molecule has 1 amide bonds. The Kier molecular flexibility index (Phi) is 5.23. The van der Waals surface area contributed by atoms with E-state index in [4.69, 9.17) is 21.1 Å². The smallest absolute Gasteiger partial charge is 0.343 e. The fraction of sp³-hybridized carbons (Fsp3) is 0.267. The van der Waals surface area contributed by atoms with Gasteiger partial charge in [0.1, 0.15) is 17.1 Å². The van der Waals surface area contributed by atoms with E-state index in [-0.39, 0.29) is 23.6 Å². The lowest BCUT2D eigenvalue weighted by Gasteiger charge is -2.11. The highest BCUT2D eigenvalue weighted by Crippen LogP contribution is 2.24. The molecule has 7 nitrogen and oxygen atoms in total. The Balaban J connectivity index is 2.33. The predicted molar refractivity (Wildman–Crippen MR) is 85.1 cm³/mol. The number of nitrogens with one attached hydrogen (secondary N) is 1. The third kappa shape index (κ3) is 3.62. The van der Waals surface area contributed by atoms with E-state index < -0.39 is 11.9 Å². The van der Waals surface area contributed by atoms with E-state index in [9.17, 15) is 9.59 Å². The Morgan fingerprint density at radius 1 is 1.35 bits per heavy atom. The van der Waals surface area contributed by atoms with E-state index in [1.807, 2.05) is 0 Å². The Bertz CT molecular complexity index is 742. The number of rotatable bonds is 5. The highest BCUT2D eigenvalue weighted by Gasteiger charge is 2.21. The molecule has 0 saturated carbocycles. The van der Waals surface area contributed by atoms with Crippen LogP contribution in [0.25, 0.3) is 0 Å². The van der Waals surface area contributed by atoms with Crippen molar-refractivity contribution in [2.24, 2.45) is 7.05 Å². The average molecular weight is 338 g/mol. The molecule has 0 radical (unpaired) electrons. The molecule has 0 bridgehead atoms. The summed E-state index contributed by atoms with van der Waals surface area (Å²) in [4.78, 5) is 24.4. The Hall–Kier alpha value is -2.54. The minimum absolute atomic E-state index is 0.170. The molecule has 0 saturated heterocycles. The zero-order chi connectivity index (χ0) is 17.0. The van der Waals surface area contributed by atoms with Crippen molar-refractivity contribution in [2.45, 2.75) is 6.92 Å². The molecule has 0 spiro atoms. The zero-order valence-corrected chi connectivity index (χ0v) is 13.7. The highest BCUT2D eigenvalue weighted by atomic mass is 35.5. The van der Waals surface area contributed by atoms with Crippen molar-refractivity contribution in [3.63, 3.8) is 0 Å². The number of aromatic nitrogens is 2. The number of aryl methyl sites for hydroxylation is 1. The molecular formula is C15H16ClN3O4. The van der Waals surface area contributed by atoms with Crippen LogP contribution in [-0.2, 0) is 11.8 Å². The fourth-order valence-corrected chi connectivity index (χ4v) is 2.15. The van der Waals surface area contributed by atoms with Gasteiger partial charge in [-0.3, -0.25) is 9.48 Å². The summed E-state index contributed by atoms with van der Waals surface area (Å²) in [5.74, 6) is -0.435. The summed E-state index contributed by atoms with van der Waals surface area (Å²) in [7, 11) is 3.06. The van der Waals surface area contributed by atoms with Crippen molar-refractivity contribution in [1.29, 1.82) is 0 Å². The van der Waals surface area contributed by atoms with Crippen LogP contribution in [0.5, 0.6) is 5.75 Å². The van der Waals surface area contributed by atoms with Crippen molar-refractivity contribution >= 4 is 29.3 Å². The van der Waals surface area contributed by atoms with E-state index in [0.29, 0.717) is 10.8 Å². The summed E-state index contributed by atoms with van der Waals surface area (Å²) >= 11 is 5.93. The molecule has 0 aliphatic rings. The first-order valence-corrected chi connectivity index (χ1v) is 7.19. The van der Waals surface area contributed by atoms with Crippen LogP contribution in [0, 0.1) is 0 Å². The summed E-state index contributed by atoms with van der Waals surface area (Å²) in [6, 6.07) is 4.69. The summed E-state index contributed by atoms with van der Waals surface area (Å²) in [5, 5.41) is 7.00. The van der Waals surface area contributed by atoms with Crippen molar-refractivity contribution in [1.82, 2.24) is 9.78 Å². The van der Waals surface area contributed by atoms with Gasteiger partial charge in [0.2, 0.25) is 0 Å². The van der Waals surface area contributed by atoms with Crippen LogP contribution in [0.3, 0.4) is 0 Å². The van der Waals surface area contributed by atoms with Gasteiger partial charge in [0.05, 0.1) is 25.5 Å². The van der Waals surface area contributed by atoms with Crippen LogP contribution < -0.4 is 10.1 Å². The van der Waals surface area contributed by atoms with Crippen molar-refractivity contribution in [2.75, 3.05) is 19.0 Å². The largest absolute Gasteiger partial charge is 0.496 e. The van der Waals surface area contributed by atoms with E-state index >= 15 is 0 Å². The number of esters is 1. The minimum Gasteiger partial charge on any atom is -0.496 e. The van der Waals surface area contributed by atoms with Crippen LogP contribution >= 0.6 is 11.6 Å². The summed E-state index contributed by atoms with van der Waals surface area (Å²) < 4.78 is 11.5. The molecule has 0 fully saturated rings. The summed E-state index contributed by atoms with van der Waals surface area (Å²) in [6.45, 7) is 1.92. The molecule has 0 aliphatic carbocycles. The van der Waals surface area contributed by atoms with Crippen LogP contribution in [-0.4, -0.2) is 35.4 Å². The monoisotopic (exact) mass is 337 g/mol. The second-order valence-corrected chi connectivity index (χ2v) is 4.99. The lowest BCUT2D eigenvalue weighted by atomic mass is 10.2. The number of halogens is 1. The van der Waals surface area contributed by atoms with Crippen LogP contribution in [0.4, 0.5) is 5.82 Å². The van der Waals surface area contributed by atoms with Gasteiger partial charge in [0.25, 0.3) is 5.91 Å². The molecule has 1 heterocycles. The molecule has 0 atom stereocenters. The molecular weight excluding hydrogens is 322 g/mol. The lowest BCUT2D eigenvalue weighted by molar-refractivity contribution is 0.0527. The number of hydrogen-bond donors (Lipinski definition) is 1. The minimum atomic E-state index is -0.561. The standard InChI is InChI=1S/C15H16ClN3O4/c1-4-23-15(21)11-8-17-19(2)13(11)18-14(20)10-7-9(16)5-6-12(10)22-3/h5-8H,4H2,1-3H3,(H,18,20). The van der Waals surface area contributed by atoms with Gasteiger partial charge in [0.15, 0.2) is 0 Å². The molecule has 0 aliphatic heterocycles. The topological polar surface area (TPSA) is 82.5 Å². The van der Waals surface area contributed by atoms with Crippen LogP contribution in [0.2, 0.25) is 5.02 Å². The van der Waals surface area contributed by atoms with Gasteiger partial charge in [-0.05, 0) is 25.1 Å². The molecule has 2 aromatic rings. The summed E-state index contributed by atoms with van der Waals surface area (Å²) in [5.41, 5.74) is 0.416. The molecule has 1 N–H and O–H groups in total. The third-order valence-electron chi connectivity index (χ3n) is 3.07. The number of nitrogens with zero attached hydrogens (tertiary/aromatic N) is 2. The molecule has 0 unspecified atom stereocenters. The quantitative estimate of drug-likeness (QED) is 0.848. The van der Waals surface area contributed by atoms with Gasteiger partial charge in [0, 0.05) is 12.1 Å². The maximum Gasteiger partial charge on any atom is 0.343 e. The van der Waals surface area contributed by atoms with E-state index in [2.05, 4.69) is 10.4 Å². The molecule has 2 rings (SSSR count). The molecule has 1 aromatic carbocycles. The van der Waals surface area contributed by atoms with Crippen molar-refractivity contribution in [3.8, 4) is 5.75 Å². The third-order valence-corrected chi connectivity index (χ3v) is 3.31. The predicted octanol–water partition coefficient (Wildman–Crippen LogP) is 2.51. The van der Waals surface area contributed by atoms with Crippen LogP contribution in [0.15, 0.2) is 24.4 Å². The molecule has 23 heavy (non-hydrogen) atoms. The Morgan fingerprint density at radius 3 is 2.74 bits per heavy atom. The number of carbonyl (C=O) groups is 2. The van der Waals surface area contributed by atoms with Gasteiger partial charge < -0.3 is 14.8 Å². The SMILES string of the molecule is CCOC(=O)c1cnn(C)c1NC(=O)c1cc(Cl)ccc1OC.